The molecule has 0 bridgehead atoms. The van der Waals surface area contributed by atoms with Gasteiger partial charge in [0.25, 0.3) is 0 Å². The van der Waals surface area contributed by atoms with Gasteiger partial charge in [0.05, 0.1) is 5.56 Å². The number of nitrogens with two attached hydrogens (primary N) is 1. The third-order valence-corrected chi connectivity index (χ3v) is 2.14. The summed E-state index contributed by atoms with van der Waals surface area (Å²) in [5.74, 6) is -0.734. The molecule has 1 aromatic rings. The van der Waals surface area contributed by atoms with Crippen molar-refractivity contribution in [3.8, 4) is 0 Å². The molecule has 0 spiro atoms. The topological polar surface area (TPSA) is 26.0 Å². The van der Waals surface area contributed by atoms with E-state index in [1.165, 1.54) is 6.08 Å². The molecule has 16 heavy (non-hydrogen) atoms. The standard InChI is InChI=1S/C11H11F4N/c1-2-3-10(16)8-6-7(12)4-5-9(8)11(13,14)15/h2,4-6,10H,1,3,16H2. The summed E-state index contributed by atoms with van der Waals surface area (Å²) in [5, 5.41) is 0. The van der Waals surface area contributed by atoms with Crippen LogP contribution < -0.4 is 5.73 Å². The van der Waals surface area contributed by atoms with Crippen LogP contribution in [0.1, 0.15) is 23.6 Å². The van der Waals surface area contributed by atoms with Crippen LogP contribution in [-0.2, 0) is 6.18 Å². The van der Waals surface area contributed by atoms with Gasteiger partial charge in [-0.25, -0.2) is 4.39 Å². The maximum atomic E-state index is 12.9. The van der Waals surface area contributed by atoms with Gasteiger partial charge < -0.3 is 5.73 Å². The number of halogens is 4. The fourth-order valence-corrected chi connectivity index (χ4v) is 1.41. The first-order valence-electron chi connectivity index (χ1n) is 4.59. The summed E-state index contributed by atoms with van der Waals surface area (Å²) in [4.78, 5) is 0. The zero-order chi connectivity index (χ0) is 12.3. The summed E-state index contributed by atoms with van der Waals surface area (Å²) < 4.78 is 50.6. The predicted octanol–water partition coefficient (Wildman–Crippen LogP) is 3.42. The van der Waals surface area contributed by atoms with E-state index in [4.69, 9.17) is 5.73 Å². The quantitative estimate of drug-likeness (QED) is 0.628. The molecule has 1 unspecified atom stereocenters. The molecule has 0 aliphatic carbocycles. The first kappa shape index (κ1) is 12.7. The number of alkyl halides is 3. The molecular formula is C11H11F4N. The minimum Gasteiger partial charge on any atom is -0.324 e. The van der Waals surface area contributed by atoms with Gasteiger partial charge in [0.15, 0.2) is 0 Å². The Kier molecular flexibility index (Phi) is 3.70. The molecule has 1 rings (SSSR count). The van der Waals surface area contributed by atoms with Crippen LogP contribution in [0.4, 0.5) is 17.6 Å². The van der Waals surface area contributed by atoms with E-state index >= 15 is 0 Å². The smallest absolute Gasteiger partial charge is 0.324 e. The molecule has 5 heteroatoms. The molecule has 0 aliphatic rings. The summed E-state index contributed by atoms with van der Waals surface area (Å²) >= 11 is 0. The van der Waals surface area contributed by atoms with Gasteiger partial charge in [0.1, 0.15) is 5.82 Å². The fraction of sp³-hybridized carbons (Fsp3) is 0.273. The first-order valence-corrected chi connectivity index (χ1v) is 4.59. The largest absolute Gasteiger partial charge is 0.416 e. The third kappa shape index (κ3) is 2.82. The van der Waals surface area contributed by atoms with Gasteiger partial charge >= 0.3 is 6.18 Å². The van der Waals surface area contributed by atoms with Gasteiger partial charge in [-0.15, -0.1) is 6.58 Å². The van der Waals surface area contributed by atoms with Crippen molar-refractivity contribution in [1.82, 2.24) is 0 Å². The molecule has 2 N–H and O–H groups in total. The lowest BCUT2D eigenvalue weighted by atomic mass is 9.98. The predicted molar refractivity (Wildman–Crippen MR) is 53.1 cm³/mol. The molecule has 0 aromatic heterocycles. The van der Waals surface area contributed by atoms with Crippen LogP contribution in [0, 0.1) is 5.82 Å². The highest BCUT2D eigenvalue weighted by atomic mass is 19.4. The average molecular weight is 233 g/mol. The molecule has 0 heterocycles. The summed E-state index contributed by atoms with van der Waals surface area (Å²) in [6.45, 7) is 3.39. The van der Waals surface area contributed by atoms with Crippen LogP contribution in [0.15, 0.2) is 30.9 Å². The van der Waals surface area contributed by atoms with Crippen molar-refractivity contribution >= 4 is 0 Å². The van der Waals surface area contributed by atoms with Crippen LogP contribution in [0.5, 0.6) is 0 Å². The summed E-state index contributed by atoms with van der Waals surface area (Å²) in [6.07, 6.45) is -2.97. The lowest BCUT2D eigenvalue weighted by Gasteiger charge is -2.17. The molecule has 0 aliphatic heterocycles. The molecule has 0 amide bonds. The number of hydrogen-bond acceptors (Lipinski definition) is 1. The molecule has 0 saturated carbocycles. The van der Waals surface area contributed by atoms with Crippen LogP contribution in [0.25, 0.3) is 0 Å². The second-order valence-electron chi connectivity index (χ2n) is 3.36. The zero-order valence-electron chi connectivity index (χ0n) is 8.39. The van der Waals surface area contributed by atoms with E-state index < -0.39 is 23.6 Å². The minimum absolute atomic E-state index is 0.159. The van der Waals surface area contributed by atoms with Gasteiger partial charge in [-0.05, 0) is 30.2 Å². The lowest BCUT2D eigenvalue weighted by Crippen LogP contribution is -2.17. The molecule has 0 saturated heterocycles. The molecule has 0 fully saturated rings. The lowest BCUT2D eigenvalue weighted by molar-refractivity contribution is -0.138. The van der Waals surface area contributed by atoms with Crippen LogP contribution in [0.2, 0.25) is 0 Å². The summed E-state index contributed by atoms with van der Waals surface area (Å²) in [7, 11) is 0. The van der Waals surface area contributed by atoms with Crippen LogP contribution in [-0.4, -0.2) is 0 Å². The maximum absolute atomic E-state index is 12.9. The van der Waals surface area contributed by atoms with Crippen molar-refractivity contribution in [2.75, 3.05) is 0 Å². The number of benzene rings is 1. The van der Waals surface area contributed by atoms with Gasteiger partial charge in [0.2, 0.25) is 0 Å². The van der Waals surface area contributed by atoms with Gasteiger partial charge in [-0.3, -0.25) is 0 Å². The Labute approximate surface area is 90.6 Å². The van der Waals surface area contributed by atoms with Gasteiger partial charge in [-0.2, -0.15) is 13.2 Å². The molecule has 1 nitrogen and oxygen atoms in total. The summed E-state index contributed by atoms with van der Waals surface area (Å²) in [5.41, 5.74) is 4.39. The summed E-state index contributed by atoms with van der Waals surface area (Å²) in [6, 6.07) is 1.39. The highest BCUT2D eigenvalue weighted by Gasteiger charge is 2.34. The molecule has 1 aromatic carbocycles. The van der Waals surface area contributed by atoms with E-state index in [0.29, 0.717) is 6.07 Å². The van der Waals surface area contributed by atoms with E-state index in [9.17, 15) is 17.6 Å². The number of rotatable bonds is 3. The fourth-order valence-electron chi connectivity index (χ4n) is 1.41. The first-order chi connectivity index (χ1) is 7.36. The molecular weight excluding hydrogens is 222 g/mol. The van der Waals surface area contributed by atoms with Crippen molar-refractivity contribution in [3.05, 3.63) is 47.8 Å². The zero-order valence-corrected chi connectivity index (χ0v) is 8.39. The van der Waals surface area contributed by atoms with Crippen LogP contribution in [0.3, 0.4) is 0 Å². The second kappa shape index (κ2) is 4.65. The van der Waals surface area contributed by atoms with E-state index in [1.54, 1.807) is 0 Å². The second-order valence-corrected chi connectivity index (χ2v) is 3.36. The third-order valence-electron chi connectivity index (χ3n) is 2.14. The van der Waals surface area contributed by atoms with Crippen molar-refractivity contribution < 1.29 is 17.6 Å². The van der Waals surface area contributed by atoms with Crippen molar-refractivity contribution in [1.29, 1.82) is 0 Å². The Morgan fingerprint density at radius 3 is 2.50 bits per heavy atom. The normalized spacial score (nSPS) is 13.6. The SMILES string of the molecule is C=CCC(N)c1cc(F)ccc1C(F)(F)F. The van der Waals surface area contributed by atoms with E-state index in [2.05, 4.69) is 6.58 Å². The molecule has 0 radical (unpaired) electrons. The van der Waals surface area contributed by atoms with Gasteiger partial charge in [0, 0.05) is 6.04 Å². The Bertz CT molecular complexity index is 384. The minimum atomic E-state index is -4.53. The van der Waals surface area contributed by atoms with E-state index in [-0.39, 0.29) is 12.0 Å². The van der Waals surface area contributed by atoms with Gasteiger partial charge in [-0.1, -0.05) is 6.08 Å². The Balaban J connectivity index is 3.23. The Hall–Kier alpha value is -1.36. The van der Waals surface area contributed by atoms with Crippen molar-refractivity contribution in [3.63, 3.8) is 0 Å². The monoisotopic (exact) mass is 233 g/mol. The van der Waals surface area contributed by atoms with Crippen molar-refractivity contribution in [2.45, 2.75) is 18.6 Å². The Morgan fingerprint density at radius 2 is 2.00 bits per heavy atom. The molecule has 88 valence electrons. The molecule has 1 atom stereocenters. The average Bonchev–Trinajstić information content (AvgIpc) is 2.16. The van der Waals surface area contributed by atoms with E-state index in [1.807, 2.05) is 0 Å². The highest BCUT2D eigenvalue weighted by molar-refractivity contribution is 5.33. The maximum Gasteiger partial charge on any atom is 0.416 e. The van der Waals surface area contributed by atoms with Crippen molar-refractivity contribution in [2.24, 2.45) is 5.73 Å². The highest BCUT2D eigenvalue weighted by Crippen LogP contribution is 2.35. The van der Waals surface area contributed by atoms with Crippen LogP contribution >= 0.6 is 0 Å². The van der Waals surface area contributed by atoms with E-state index in [0.717, 1.165) is 12.1 Å². The number of hydrogen-bond donors (Lipinski definition) is 1. The Morgan fingerprint density at radius 1 is 1.38 bits per heavy atom.